The van der Waals surface area contributed by atoms with E-state index in [1.807, 2.05) is 0 Å². The molecule has 0 aliphatic carbocycles. The van der Waals surface area contributed by atoms with Crippen LogP contribution in [0.3, 0.4) is 0 Å². The summed E-state index contributed by atoms with van der Waals surface area (Å²) in [6, 6.07) is 1.89. The third-order valence-electron chi connectivity index (χ3n) is 2.91. The smallest absolute Gasteiger partial charge is 0.00991 e. The van der Waals surface area contributed by atoms with Crippen molar-refractivity contribution in [3.05, 3.63) is 0 Å². The zero-order chi connectivity index (χ0) is 6.27. The first kappa shape index (κ1) is 5.72. The molecule has 1 nitrogen and oxygen atoms in total. The standard InChI is InChI=1S/C8H15N/c1-7-4-5-8-3-2-6-9(7)8/h7-8H,2-6H2,1H3/t7?,8-/m0/s1. The maximum atomic E-state index is 2.68. The van der Waals surface area contributed by atoms with Crippen LogP contribution >= 0.6 is 0 Å². The van der Waals surface area contributed by atoms with Gasteiger partial charge in [0.15, 0.2) is 0 Å². The summed E-state index contributed by atoms with van der Waals surface area (Å²) in [5.74, 6) is 0. The summed E-state index contributed by atoms with van der Waals surface area (Å²) in [7, 11) is 0. The minimum atomic E-state index is 0.900. The number of hydrogen-bond acceptors (Lipinski definition) is 1. The Labute approximate surface area is 57.0 Å². The van der Waals surface area contributed by atoms with Crippen LogP contribution in [0.15, 0.2) is 0 Å². The van der Waals surface area contributed by atoms with Gasteiger partial charge in [-0.1, -0.05) is 0 Å². The normalized spacial score (nSPS) is 43.7. The van der Waals surface area contributed by atoms with Crippen molar-refractivity contribution in [1.82, 2.24) is 4.90 Å². The molecule has 2 saturated heterocycles. The van der Waals surface area contributed by atoms with Gasteiger partial charge in [0.25, 0.3) is 0 Å². The van der Waals surface area contributed by atoms with Crippen LogP contribution in [0.4, 0.5) is 0 Å². The van der Waals surface area contributed by atoms with Crippen LogP contribution < -0.4 is 0 Å². The van der Waals surface area contributed by atoms with Crippen molar-refractivity contribution in [3.63, 3.8) is 0 Å². The molecular formula is C8H15N. The zero-order valence-corrected chi connectivity index (χ0v) is 6.14. The molecule has 9 heavy (non-hydrogen) atoms. The van der Waals surface area contributed by atoms with Crippen LogP contribution in [0.5, 0.6) is 0 Å². The van der Waals surface area contributed by atoms with E-state index in [0.717, 1.165) is 12.1 Å². The first-order valence-corrected chi connectivity index (χ1v) is 4.13. The molecule has 2 fully saturated rings. The molecule has 2 heterocycles. The third kappa shape index (κ3) is 0.787. The van der Waals surface area contributed by atoms with Crippen LogP contribution in [0.2, 0.25) is 0 Å². The fourth-order valence-electron chi connectivity index (χ4n) is 2.35. The number of nitrogens with zero attached hydrogens (tertiary/aromatic N) is 1. The Morgan fingerprint density at radius 2 is 2.11 bits per heavy atom. The fourth-order valence-corrected chi connectivity index (χ4v) is 2.35. The van der Waals surface area contributed by atoms with Crippen LogP contribution in [-0.2, 0) is 0 Å². The Balaban J connectivity index is 2.07. The quantitative estimate of drug-likeness (QED) is 0.475. The third-order valence-corrected chi connectivity index (χ3v) is 2.91. The Morgan fingerprint density at radius 3 is 2.89 bits per heavy atom. The van der Waals surface area contributed by atoms with Gasteiger partial charge in [-0.15, -0.1) is 0 Å². The predicted molar refractivity (Wildman–Crippen MR) is 38.4 cm³/mol. The zero-order valence-electron chi connectivity index (χ0n) is 6.14. The van der Waals surface area contributed by atoms with Gasteiger partial charge in [0.05, 0.1) is 0 Å². The molecule has 0 aromatic heterocycles. The first-order chi connectivity index (χ1) is 4.38. The molecule has 0 saturated carbocycles. The lowest BCUT2D eigenvalue weighted by atomic mass is 10.1. The number of fused-ring (bicyclic) bond motifs is 1. The van der Waals surface area contributed by atoms with E-state index in [2.05, 4.69) is 11.8 Å². The predicted octanol–water partition coefficient (Wildman–Crippen LogP) is 1.63. The molecule has 1 heteroatoms. The molecule has 2 rings (SSSR count). The van der Waals surface area contributed by atoms with Crippen molar-refractivity contribution in [2.24, 2.45) is 0 Å². The van der Waals surface area contributed by atoms with E-state index < -0.39 is 0 Å². The van der Waals surface area contributed by atoms with E-state index in [0.29, 0.717) is 0 Å². The fraction of sp³-hybridized carbons (Fsp3) is 1.00. The molecule has 0 amide bonds. The van der Waals surface area contributed by atoms with Gasteiger partial charge < -0.3 is 0 Å². The highest BCUT2D eigenvalue weighted by Crippen LogP contribution is 2.31. The Hall–Kier alpha value is -0.0400. The van der Waals surface area contributed by atoms with Crippen LogP contribution in [0.25, 0.3) is 0 Å². The minimum absolute atomic E-state index is 0.900. The average molecular weight is 125 g/mol. The Morgan fingerprint density at radius 1 is 1.22 bits per heavy atom. The van der Waals surface area contributed by atoms with Crippen molar-refractivity contribution in [2.75, 3.05) is 6.54 Å². The second-order valence-electron chi connectivity index (χ2n) is 3.46. The first-order valence-electron chi connectivity index (χ1n) is 4.13. The lowest BCUT2D eigenvalue weighted by Crippen LogP contribution is -2.28. The van der Waals surface area contributed by atoms with Crippen LogP contribution in [-0.4, -0.2) is 23.5 Å². The van der Waals surface area contributed by atoms with Crippen LogP contribution in [0, 0.1) is 0 Å². The van der Waals surface area contributed by atoms with Crippen LogP contribution in [0.1, 0.15) is 32.6 Å². The number of rotatable bonds is 0. The van der Waals surface area contributed by atoms with Gasteiger partial charge in [0.1, 0.15) is 0 Å². The molecular weight excluding hydrogens is 110 g/mol. The van der Waals surface area contributed by atoms with Gasteiger partial charge in [0.2, 0.25) is 0 Å². The molecule has 1 unspecified atom stereocenters. The molecule has 0 aromatic rings. The molecule has 0 aromatic carbocycles. The highest BCUT2D eigenvalue weighted by atomic mass is 15.2. The molecule has 2 aliphatic heterocycles. The maximum Gasteiger partial charge on any atom is 0.00991 e. The van der Waals surface area contributed by atoms with Crippen molar-refractivity contribution in [3.8, 4) is 0 Å². The van der Waals surface area contributed by atoms with Gasteiger partial charge >= 0.3 is 0 Å². The molecule has 0 bridgehead atoms. The topological polar surface area (TPSA) is 3.24 Å². The molecule has 2 aliphatic rings. The maximum absolute atomic E-state index is 2.68. The monoisotopic (exact) mass is 125 g/mol. The van der Waals surface area contributed by atoms with Gasteiger partial charge in [-0.3, -0.25) is 4.90 Å². The summed E-state index contributed by atoms with van der Waals surface area (Å²) >= 11 is 0. The SMILES string of the molecule is CC1CC[C@@H]2CCCN12. The number of hydrogen-bond donors (Lipinski definition) is 0. The second kappa shape index (κ2) is 1.98. The summed E-state index contributed by atoms with van der Waals surface area (Å²) in [6.45, 7) is 3.75. The molecule has 2 atom stereocenters. The van der Waals surface area contributed by atoms with Crippen molar-refractivity contribution in [2.45, 2.75) is 44.7 Å². The van der Waals surface area contributed by atoms with E-state index in [1.54, 1.807) is 0 Å². The van der Waals surface area contributed by atoms with Gasteiger partial charge in [-0.2, -0.15) is 0 Å². The van der Waals surface area contributed by atoms with E-state index in [1.165, 1.54) is 32.2 Å². The largest absolute Gasteiger partial charge is 0.298 e. The van der Waals surface area contributed by atoms with E-state index >= 15 is 0 Å². The van der Waals surface area contributed by atoms with Gasteiger partial charge in [-0.05, 0) is 39.2 Å². The van der Waals surface area contributed by atoms with Gasteiger partial charge in [0, 0.05) is 12.1 Å². The Bertz CT molecular complexity index is 111. The summed E-state index contributed by atoms with van der Waals surface area (Å²) in [4.78, 5) is 2.68. The molecule has 0 N–H and O–H groups in total. The van der Waals surface area contributed by atoms with Gasteiger partial charge in [-0.25, -0.2) is 0 Å². The van der Waals surface area contributed by atoms with E-state index in [9.17, 15) is 0 Å². The summed E-state index contributed by atoms with van der Waals surface area (Å²) in [6.07, 6.45) is 5.85. The van der Waals surface area contributed by atoms with Crippen molar-refractivity contribution >= 4 is 0 Å². The molecule has 0 radical (unpaired) electrons. The average Bonchev–Trinajstić information content (AvgIpc) is 2.35. The van der Waals surface area contributed by atoms with Crippen molar-refractivity contribution in [1.29, 1.82) is 0 Å². The second-order valence-corrected chi connectivity index (χ2v) is 3.46. The Kier molecular flexibility index (Phi) is 1.26. The molecule has 0 spiro atoms. The summed E-state index contributed by atoms with van der Waals surface area (Å²) < 4.78 is 0. The van der Waals surface area contributed by atoms with E-state index in [-0.39, 0.29) is 0 Å². The lowest BCUT2D eigenvalue weighted by Gasteiger charge is -2.19. The molecule has 52 valence electrons. The lowest BCUT2D eigenvalue weighted by molar-refractivity contribution is 0.260. The minimum Gasteiger partial charge on any atom is -0.298 e. The van der Waals surface area contributed by atoms with Crippen molar-refractivity contribution < 1.29 is 0 Å². The highest BCUT2D eigenvalue weighted by Gasteiger charge is 2.33. The summed E-state index contributed by atoms with van der Waals surface area (Å²) in [5, 5.41) is 0. The van der Waals surface area contributed by atoms with E-state index in [4.69, 9.17) is 0 Å². The summed E-state index contributed by atoms with van der Waals surface area (Å²) in [5.41, 5.74) is 0. The highest BCUT2D eigenvalue weighted by molar-refractivity contribution is 4.89.